The summed E-state index contributed by atoms with van der Waals surface area (Å²) in [5, 5.41) is 10.3. The fraction of sp³-hybridized carbons (Fsp3) is 0.444. The molecule has 0 spiro atoms. The number of amides is 1. The molecule has 1 N–H and O–H groups in total. The predicted octanol–water partition coefficient (Wildman–Crippen LogP) is 2.27. The Labute approximate surface area is 165 Å². The summed E-state index contributed by atoms with van der Waals surface area (Å²) in [7, 11) is 1.51. The smallest absolute Gasteiger partial charge is 0.284 e. The van der Waals surface area contributed by atoms with E-state index in [-0.39, 0.29) is 17.4 Å². The summed E-state index contributed by atoms with van der Waals surface area (Å²) in [5.74, 6) is 0.136. The molecule has 1 amide bonds. The van der Waals surface area contributed by atoms with Crippen molar-refractivity contribution in [1.82, 2.24) is 24.4 Å². The molecule has 0 unspecified atom stereocenters. The number of halogens is 2. The van der Waals surface area contributed by atoms with Crippen LogP contribution < -0.4 is 10.2 Å². The number of hydrogen-bond acceptors (Lipinski definition) is 6. The molecule has 1 saturated heterocycles. The summed E-state index contributed by atoms with van der Waals surface area (Å²) in [6.07, 6.45) is 2.66. The topological polar surface area (TPSA) is 89.6 Å². The Morgan fingerprint density at radius 1 is 1.45 bits per heavy atom. The molecule has 3 aromatic rings. The standard InChI is InChI=1S/C18H21F2N7O2/c1-3-11-9-26(6-7-29-11)14-4-5-27-17(23-14)12(8-21-27)18(28)22-13-10-25(2)24-15(13)16(19)20/h4-5,8,10-11,16H,3,6-7,9H2,1-2H3,(H,22,28)/t11-/m1/s1. The first-order chi connectivity index (χ1) is 14.0. The van der Waals surface area contributed by atoms with Crippen molar-refractivity contribution in [1.29, 1.82) is 0 Å². The van der Waals surface area contributed by atoms with Crippen molar-refractivity contribution in [3.63, 3.8) is 0 Å². The van der Waals surface area contributed by atoms with Gasteiger partial charge in [-0.15, -0.1) is 0 Å². The van der Waals surface area contributed by atoms with E-state index in [0.29, 0.717) is 31.2 Å². The first kappa shape index (κ1) is 19.2. The molecule has 4 rings (SSSR count). The molecule has 1 atom stereocenters. The number of ether oxygens (including phenoxy) is 1. The lowest BCUT2D eigenvalue weighted by molar-refractivity contribution is 0.0382. The van der Waals surface area contributed by atoms with Crippen LogP contribution in [0.2, 0.25) is 0 Å². The average Bonchev–Trinajstić information content (AvgIpc) is 3.30. The second-order valence-electron chi connectivity index (χ2n) is 6.82. The van der Waals surface area contributed by atoms with Gasteiger partial charge >= 0.3 is 0 Å². The minimum Gasteiger partial charge on any atom is -0.375 e. The molecule has 9 nitrogen and oxygen atoms in total. The number of nitrogens with zero attached hydrogens (tertiary/aromatic N) is 6. The second-order valence-corrected chi connectivity index (χ2v) is 6.82. The normalized spacial score (nSPS) is 17.3. The zero-order chi connectivity index (χ0) is 20.5. The van der Waals surface area contributed by atoms with Crippen LogP contribution in [0.25, 0.3) is 5.65 Å². The van der Waals surface area contributed by atoms with Crippen LogP contribution in [0.1, 0.15) is 35.8 Å². The van der Waals surface area contributed by atoms with Crippen LogP contribution in [0.15, 0.2) is 24.7 Å². The van der Waals surface area contributed by atoms with Crippen molar-refractivity contribution in [2.24, 2.45) is 7.05 Å². The molecule has 0 bridgehead atoms. The molecule has 29 heavy (non-hydrogen) atoms. The Kier molecular flexibility index (Phi) is 5.14. The van der Waals surface area contributed by atoms with Crippen LogP contribution in [0.5, 0.6) is 0 Å². The molecule has 1 fully saturated rings. The van der Waals surface area contributed by atoms with Crippen LogP contribution in [-0.4, -0.2) is 56.1 Å². The number of carbonyl (C=O) groups is 1. The van der Waals surface area contributed by atoms with Gasteiger partial charge in [0.15, 0.2) is 11.3 Å². The summed E-state index contributed by atoms with van der Waals surface area (Å²) < 4.78 is 34.7. The number of aryl methyl sites for hydroxylation is 1. The lowest BCUT2D eigenvalue weighted by Crippen LogP contribution is -2.42. The van der Waals surface area contributed by atoms with Gasteiger partial charge in [-0.1, -0.05) is 6.92 Å². The van der Waals surface area contributed by atoms with Crippen LogP contribution in [0.3, 0.4) is 0 Å². The molecule has 154 valence electrons. The monoisotopic (exact) mass is 405 g/mol. The zero-order valence-corrected chi connectivity index (χ0v) is 16.0. The van der Waals surface area contributed by atoms with Crippen LogP contribution in [0.4, 0.5) is 20.3 Å². The highest BCUT2D eigenvalue weighted by Crippen LogP contribution is 2.26. The van der Waals surface area contributed by atoms with E-state index in [0.717, 1.165) is 6.42 Å². The molecular formula is C18H21F2N7O2. The van der Waals surface area contributed by atoms with Gasteiger partial charge in [0, 0.05) is 32.5 Å². The Morgan fingerprint density at radius 3 is 3.03 bits per heavy atom. The maximum absolute atomic E-state index is 13.1. The third-order valence-corrected chi connectivity index (χ3v) is 4.83. The van der Waals surface area contributed by atoms with E-state index in [4.69, 9.17) is 4.74 Å². The second kappa shape index (κ2) is 7.74. The number of rotatable bonds is 5. The highest BCUT2D eigenvalue weighted by atomic mass is 19.3. The Hall–Kier alpha value is -3.08. The SMILES string of the molecule is CC[C@@H]1CN(c2ccn3ncc(C(=O)Nc4cn(C)nc4C(F)F)c3n2)CCO1. The number of alkyl halides is 2. The summed E-state index contributed by atoms with van der Waals surface area (Å²) in [6, 6.07) is 1.83. The number of aromatic nitrogens is 5. The van der Waals surface area contributed by atoms with Gasteiger partial charge in [-0.3, -0.25) is 9.48 Å². The van der Waals surface area contributed by atoms with Crippen LogP contribution >= 0.6 is 0 Å². The molecule has 4 heterocycles. The predicted molar refractivity (Wildman–Crippen MR) is 101 cm³/mol. The fourth-order valence-electron chi connectivity index (χ4n) is 3.32. The van der Waals surface area contributed by atoms with E-state index >= 15 is 0 Å². The van der Waals surface area contributed by atoms with Crippen molar-refractivity contribution in [2.75, 3.05) is 29.9 Å². The van der Waals surface area contributed by atoms with Crippen LogP contribution in [0, 0.1) is 0 Å². The van der Waals surface area contributed by atoms with E-state index < -0.39 is 18.0 Å². The maximum Gasteiger partial charge on any atom is 0.284 e. The van der Waals surface area contributed by atoms with Gasteiger partial charge in [0.2, 0.25) is 0 Å². The molecule has 0 radical (unpaired) electrons. The van der Waals surface area contributed by atoms with Crippen molar-refractivity contribution in [3.8, 4) is 0 Å². The number of carbonyl (C=O) groups excluding carboxylic acids is 1. The summed E-state index contributed by atoms with van der Waals surface area (Å²) in [5.41, 5.74) is 0.0186. The molecular weight excluding hydrogens is 384 g/mol. The highest BCUT2D eigenvalue weighted by molar-refractivity contribution is 6.08. The van der Waals surface area contributed by atoms with E-state index in [1.54, 1.807) is 6.20 Å². The number of anilines is 2. The van der Waals surface area contributed by atoms with Crippen molar-refractivity contribution < 1.29 is 18.3 Å². The average molecular weight is 405 g/mol. The van der Waals surface area contributed by atoms with Gasteiger partial charge in [0.1, 0.15) is 11.4 Å². The minimum atomic E-state index is -2.80. The maximum atomic E-state index is 13.1. The summed E-state index contributed by atoms with van der Waals surface area (Å²) in [4.78, 5) is 19.4. The van der Waals surface area contributed by atoms with Gasteiger partial charge in [-0.2, -0.15) is 10.2 Å². The highest BCUT2D eigenvalue weighted by Gasteiger charge is 2.24. The fourth-order valence-corrected chi connectivity index (χ4v) is 3.32. The third-order valence-electron chi connectivity index (χ3n) is 4.83. The van der Waals surface area contributed by atoms with Crippen LogP contribution in [-0.2, 0) is 11.8 Å². The zero-order valence-electron chi connectivity index (χ0n) is 16.0. The Bertz CT molecular complexity index is 1030. The van der Waals surface area contributed by atoms with Crippen molar-refractivity contribution >= 4 is 23.1 Å². The van der Waals surface area contributed by atoms with E-state index in [1.807, 2.05) is 6.07 Å². The molecule has 0 aromatic carbocycles. The van der Waals surface area contributed by atoms with Gasteiger partial charge in [0.25, 0.3) is 12.3 Å². The number of nitrogens with one attached hydrogen (secondary N) is 1. The summed E-state index contributed by atoms with van der Waals surface area (Å²) >= 11 is 0. The molecule has 1 aliphatic rings. The number of fused-ring (bicyclic) bond motifs is 1. The quantitative estimate of drug-likeness (QED) is 0.701. The summed E-state index contributed by atoms with van der Waals surface area (Å²) in [6.45, 7) is 4.08. The van der Waals surface area contributed by atoms with Crippen molar-refractivity contribution in [3.05, 3.63) is 35.9 Å². The molecule has 0 saturated carbocycles. The molecule has 0 aliphatic carbocycles. The molecule has 1 aliphatic heterocycles. The van der Waals surface area contributed by atoms with Crippen molar-refractivity contribution in [2.45, 2.75) is 25.9 Å². The Balaban J connectivity index is 1.62. The molecule has 11 heteroatoms. The molecule has 3 aromatic heterocycles. The minimum absolute atomic E-state index is 0.0398. The lowest BCUT2D eigenvalue weighted by atomic mass is 10.2. The first-order valence-electron chi connectivity index (χ1n) is 9.30. The van der Waals surface area contributed by atoms with E-state index in [9.17, 15) is 13.6 Å². The van der Waals surface area contributed by atoms with Gasteiger partial charge in [-0.25, -0.2) is 18.3 Å². The Morgan fingerprint density at radius 2 is 2.28 bits per heavy atom. The van der Waals surface area contributed by atoms with E-state index in [1.165, 1.54) is 28.6 Å². The van der Waals surface area contributed by atoms with Gasteiger partial charge in [0.05, 0.1) is 24.6 Å². The first-order valence-corrected chi connectivity index (χ1v) is 9.30. The van der Waals surface area contributed by atoms with E-state index in [2.05, 4.69) is 32.3 Å². The number of morpholine rings is 1. The van der Waals surface area contributed by atoms with Gasteiger partial charge in [-0.05, 0) is 12.5 Å². The van der Waals surface area contributed by atoms with Gasteiger partial charge < -0.3 is 15.0 Å². The lowest BCUT2D eigenvalue weighted by Gasteiger charge is -2.33. The number of hydrogen-bond donors (Lipinski definition) is 1. The largest absolute Gasteiger partial charge is 0.375 e. The third kappa shape index (κ3) is 3.77.